The molecule has 6 rings (SSSR count). The summed E-state index contributed by atoms with van der Waals surface area (Å²) in [5.41, 5.74) is 23.2. The molecule has 2 nitrogen and oxygen atoms in total. The SMILES string of the molecule is COc1cc(C(C)C)ccc1C.COc1ccc(C(C)C)cc1F.Cc1c(C)c(C)c(C(C)C)c(C)c1C.Cc1c(F)cc(C(C)C)cc1F.Cc1cc(C)c(C(C)C)cc1C.Cc1ccc(C(C)C)c(C)c1. The first kappa shape index (κ1) is 65.7. The molecule has 0 saturated carbocycles. The highest BCUT2D eigenvalue weighted by Gasteiger charge is 2.14. The minimum absolute atomic E-state index is 0.0967. The van der Waals surface area contributed by atoms with Gasteiger partial charge in [-0.25, -0.2) is 13.2 Å². The Hall–Kier alpha value is -5.29. The van der Waals surface area contributed by atoms with Crippen LogP contribution in [0.15, 0.2) is 78.9 Å². The molecule has 0 aliphatic carbocycles. The van der Waals surface area contributed by atoms with E-state index in [2.05, 4.69) is 180 Å². The second kappa shape index (κ2) is 30.8. The minimum Gasteiger partial charge on any atom is -0.496 e. The van der Waals surface area contributed by atoms with E-state index < -0.39 is 11.6 Å². The zero-order valence-corrected chi connectivity index (χ0v) is 50.4. The lowest BCUT2D eigenvalue weighted by Gasteiger charge is -2.21. The van der Waals surface area contributed by atoms with Crippen molar-refractivity contribution in [1.29, 1.82) is 0 Å². The lowest BCUT2D eigenvalue weighted by Crippen LogP contribution is -2.04. The third-order valence-corrected chi connectivity index (χ3v) is 14.1. The molecule has 0 saturated heterocycles. The molecule has 402 valence electrons. The maximum Gasteiger partial charge on any atom is 0.165 e. The first-order chi connectivity index (χ1) is 33.8. The van der Waals surface area contributed by atoms with Crippen LogP contribution in [0.2, 0.25) is 0 Å². The van der Waals surface area contributed by atoms with Crippen molar-refractivity contribution in [2.75, 3.05) is 14.2 Å². The molecule has 0 aromatic heterocycles. The van der Waals surface area contributed by atoms with Gasteiger partial charge in [-0.05, 0) is 238 Å². The summed E-state index contributed by atoms with van der Waals surface area (Å²) >= 11 is 0. The summed E-state index contributed by atoms with van der Waals surface area (Å²) in [5.74, 6) is 3.09. The molecule has 0 radical (unpaired) electrons. The predicted molar refractivity (Wildman–Crippen MR) is 313 cm³/mol. The number of hydrogen-bond donors (Lipinski definition) is 0. The van der Waals surface area contributed by atoms with Gasteiger partial charge in [-0.3, -0.25) is 0 Å². The summed E-state index contributed by atoms with van der Waals surface area (Å²) in [7, 11) is 3.18. The van der Waals surface area contributed by atoms with Crippen LogP contribution in [0.4, 0.5) is 13.2 Å². The van der Waals surface area contributed by atoms with Crippen LogP contribution in [0.1, 0.15) is 219 Å². The number of ether oxygens (including phenoxy) is 2. The Morgan fingerprint density at radius 3 is 1.12 bits per heavy atom. The van der Waals surface area contributed by atoms with E-state index in [9.17, 15) is 13.2 Å². The highest BCUT2D eigenvalue weighted by molar-refractivity contribution is 5.50. The molecule has 0 unspecified atom stereocenters. The molecule has 0 atom stereocenters. The fourth-order valence-corrected chi connectivity index (χ4v) is 8.71. The first-order valence-corrected chi connectivity index (χ1v) is 26.5. The van der Waals surface area contributed by atoms with Crippen molar-refractivity contribution in [1.82, 2.24) is 0 Å². The third-order valence-electron chi connectivity index (χ3n) is 14.1. The number of halogens is 3. The van der Waals surface area contributed by atoms with Crippen molar-refractivity contribution in [3.05, 3.63) is 196 Å². The largest absolute Gasteiger partial charge is 0.496 e. The summed E-state index contributed by atoms with van der Waals surface area (Å²) in [4.78, 5) is 0. The maximum atomic E-state index is 13.1. The normalized spacial score (nSPS) is 10.7. The lowest BCUT2D eigenvalue weighted by atomic mass is 9.85. The van der Waals surface area contributed by atoms with Gasteiger partial charge in [0.05, 0.1) is 14.2 Å². The molecule has 0 aliphatic rings. The van der Waals surface area contributed by atoms with Crippen molar-refractivity contribution >= 4 is 0 Å². The van der Waals surface area contributed by atoms with Gasteiger partial charge in [0.2, 0.25) is 0 Å². The molecule has 6 aromatic carbocycles. The van der Waals surface area contributed by atoms with E-state index >= 15 is 0 Å². The van der Waals surface area contributed by atoms with E-state index in [4.69, 9.17) is 9.47 Å². The Kier molecular flexibility index (Phi) is 27.7. The van der Waals surface area contributed by atoms with E-state index in [1.54, 1.807) is 18.7 Å². The van der Waals surface area contributed by atoms with Crippen LogP contribution in [0.3, 0.4) is 0 Å². The van der Waals surface area contributed by atoms with Crippen LogP contribution >= 0.6 is 0 Å². The average Bonchev–Trinajstić information content (AvgIpc) is 3.31. The molecular weight excluding hydrogens is 906 g/mol. The van der Waals surface area contributed by atoms with Gasteiger partial charge in [-0.15, -0.1) is 0 Å². The van der Waals surface area contributed by atoms with Gasteiger partial charge in [0.1, 0.15) is 17.4 Å². The Morgan fingerprint density at radius 1 is 0.301 bits per heavy atom. The Morgan fingerprint density at radius 2 is 0.712 bits per heavy atom. The van der Waals surface area contributed by atoms with Crippen LogP contribution < -0.4 is 9.47 Å². The van der Waals surface area contributed by atoms with E-state index in [-0.39, 0.29) is 17.3 Å². The molecule has 0 fully saturated rings. The first-order valence-electron chi connectivity index (χ1n) is 26.5. The topological polar surface area (TPSA) is 18.5 Å². The smallest absolute Gasteiger partial charge is 0.165 e. The number of methoxy groups -OCH3 is 2. The van der Waals surface area contributed by atoms with Gasteiger partial charge < -0.3 is 9.47 Å². The van der Waals surface area contributed by atoms with E-state index in [1.807, 2.05) is 33.8 Å². The van der Waals surface area contributed by atoms with Crippen LogP contribution in [-0.4, -0.2) is 14.2 Å². The van der Waals surface area contributed by atoms with Gasteiger partial charge in [0.15, 0.2) is 11.6 Å². The minimum atomic E-state index is -0.460. The second-order valence-electron chi connectivity index (χ2n) is 21.9. The quantitative estimate of drug-likeness (QED) is 0.151. The molecule has 0 heterocycles. The van der Waals surface area contributed by atoms with Crippen molar-refractivity contribution in [2.45, 2.75) is 202 Å². The summed E-state index contributed by atoms with van der Waals surface area (Å²) in [6.07, 6.45) is 0. The van der Waals surface area contributed by atoms with E-state index in [0.717, 1.165) is 11.3 Å². The van der Waals surface area contributed by atoms with Crippen molar-refractivity contribution in [3.63, 3.8) is 0 Å². The second-order valence-corrected chi connectivity index (χ2v) is 21.9. The molecule has 6 aromatic rings. The molecular formula is C68H97F3O2. The Bertz CT molecular complexity index is 2610. The molecule has 73 heavy (non-hydrogen) atoms. The molecule has 0 N–H and O–H groups in total. The summed E-state index contributed by atoms with van der Waals surface area (Å²) < 4.78 is 49.0. The van der Waals surface area contributed by atoms with Crippen molar-refractivity contribution in [3.8, 4) is 11.5 Å². The predicted octanol–water partition coefficient (Wildman–Crippen LogP) is 21.0. The van der Waals surface area contributed by atoms with Crippen LogP contribution in [0.25, 0.3) is 0 Å². The van der Waals surface area contributed by atoms with Gasteiger partial charge in [-0.1, -0.05) is 137 Å². The number of rotatable bonds is 8. The zero-order valence-electron chi connectivity index (χ0n) is 50.4. The van der Waals surface area contributed by atoms with E-state index in [1.165, 1.54) is 110 Å². The molecule has 0 aliphatic heterocycles. The zero-order chi connectivity index (χ0) is 56.3. The molecule has 5 heteroatoms. The number of hydrogen-bond acceptors (Lipinski definition) is 2. The van der Waals surface area contributed by atoms with Crippen LogP contribution in [0.5, 0.6) is 11.5 Å². The highest BCUT2D eigenvalue weighted by atomic mass is 19.1. The standard InChI is InChI=1S/C14H22.C12H18.C11H16O.C11H16.C10H12F2.C10H13FO/c1-8(2)14-12(6)10(4)9(3)11(5)13(14)7;1-8(2)12-7-10(4)9(3)6-11(12)5;1-8(2)10-6-5-9(3)11(7-10)12-4;1-8(2)11-6-5-9(3)7-10(11)4;1-6(2)8-4-9(11)7(3)10(12)5-8;1-7(2)8-4-5-10(12-3)9(11)6-8/h8H,1-7H3;6-8H,1-5H3;5-8H,1-4H3;5-8H,1-4H3;4-6H,1-3H3;4-7H,1-3H3. The summed E-state index contributed by atoms with van der Waals surface area (Å²) in [6, 6.07) is 25.5. The highest BCUT2D eigenvalue weighted by Crippen LogP contribution is 2.31. The van der Waals surface area contributed by atoms with E-state index in [0.29, 0.717) is 40.9 Å². The van der Waals surface area contributed by atoms with Crippen molar-refractivity contribution in [2.24, 2.45) is 0 Å². The molecule has 0 amide bonds. The molecule has 0 spiro atoms. The van der Waals surface area contributed by atoms with Gasteiger partial charge in [0.25, 0.3) is 0 Å². The average molecular weight is 1000 g/mol. The monoisotopic (exact) mass is 1000 g/mol. The van der Waals surface area contributed by atoms with Gasteiger partial charge >= 0.3 is 0 Å². The molecule has 0 bridgehead atoms. The fourth-order valence-electron chi connectivity index (χ4n) is 8.71. The number of aryl methyl sites for hydroxylation is 6. The van der Waals surface area contributed by atoms with Gasteiger partial charge in [0, 0.05) is 5.56 Å². The van der Waals surface area contributed by atoms with Crippen molar-refractivity contribution < 1.29 is 22.6 Å². The van der Waals surface area contributed by atoms with Gasteiger partial charge in [-0.2, -0.15) is 0 Å². The Labute approximate surface area is 444 Å². The third kappa shape index (κ3) is 20.2. The van der Waals surface area contributed by atoms with Crippen LogP contribution in [-0.2, 0) is 0 Å². The number of benzene rings is 6. The van der Waals surface area contributed by atoms with Crippen LogP contribution in [0, 0.1) is 101 Å². The summed E-state index contributed by atoms with van der Waals surface area (Å²) in [5, 5.41) is 0. The maximum absolute atomic E-state index is 13.1. The fraction of sp³-hybridized carbons (Fsp3) is 0.471. The Balaban J connectivity index is 0.000000439. The lowest BCUT2D eigenvalue weighted by molar-refractivity contribution is 0.386. The summed E-state index contributed by atoms with van der Waals surface area (Å²) in [6.45, 7) is 51.3.